The van der Waals surface area contributed by atoms with Gasteiger partial charge >= 0.3 is 0 Å². The van der Waals surface area contributed by atoms with E-state index in [-0.39, 0.29) is 22.8 Å². The molecule has 0 atom stereocenters. The fraction of sp³-hybridized carbons (Fsp3) is 0.214. The highest BCUT2D eigenvalue weighted by Gasteiger charge is 2.22. The van der Waals surface area contributed by atoms with Crippen molar-refractivity contribution in [2.45, 2.75) is 33.7 Å². The first-order chi connectivity index (χ1) is 15.9. The maximum absolute atomic E-state index is 13.6. The zero-order valence-electron chi connectivity index (χ0n) is 19.2. The summed E-state index contributed by atoms with van der Waals surface area (Å²) < 4.78 is 1.72. The quantitative estimate of drug-likeness (QED) is 0.446. The molecule has 1 heterocycles. The third kappa shape index (κ3) is 4.40. The normalized spacial score (nSPS) is 11.0. The van der Waals surface area contributed by atoms with Crippen LogP contribution in [0.2, 0.25) is 0 Å². The van der Waals surface area contributed by atoms with Gasteiger partial charge in [0.1, 0.15) is 11.3 Å². The molecule has 5 nitrogen and oxygen atoms in total. The number of carbonyl (C=O) groups is 1. The number of benzene rings is 3. The molecular formula is C28H28N2O3. The van der Waals surface area contributed by atoms with E-state index in [0.29, 0.717) is 25.2 Å². The molecule has 3 aromatic carbocycles. The van der Waals surface area contributed by atoms with Crippen molar-refractivity contribution in [2.24, 2.45) is 0 Å². The van der Waals surface area contributed by atoms with Gasteiger partial charge in [0, 0.05) is 18.8 Å². The van der Waals surface area contributed by atoms with Crippen LogP contribution in [-0.2, 0) is 13.0 Å². The Morgan fingerprint density at radius 3 is 2.27 bits per heavy atom. The van der Waals surface area contributed by atoms with Crippen LogP contribution in [0.1, 0.15) is 34.0 Å². The summed E-state index contributed by atoms with van der Waals surface area (Å²) in [5.74, 6) is -0.221. The smallest absolute Gasteiger partial charge is 0.263 e. The number of hydrogen-bond donors (Lipinski definition) is 1. The number of amides is 1. The molecule has 0 bridgehead atoms. The Morgan fingerprint density at radius 1 is 0.939 bits per heavy atom. The number of nitrogens with zero attached hydrogens (tertiary/aromatic N) is 2. The number of para-hydroxylation sites is 1. The summed E-state index contributed by atoms with van der Waals surface area (Å²) in [4.78, 5) is 28.7. The highest BCUT2D eigenvalue weighted by Crippen LogP contribution is 2.22. The van der Waals surface area contributed by atoms with Crippen LogP contribution in [0.5, 0.6) is 5.75 Å². The minimum atomic E-state index is -0.347. The van der Waals surface area contributed by atoms with Gasteiger partial charge in [-0.1, -0.05) is 36.4 Å². The maximum atomic E-state index is 13.6. The van der Waals surface area contributed by atoms with Crippen molar-refractivity contribution in [3.8, 4) is 5.75 Å². The first-order valence-corrected chi connectivity index (χ1v) is 11.2. The molecule has 1 N–H and O–H groups in total. The van der Waals surface area contributed by atoms with E-state index >= 15 is 0 Å². The fourth-order valence-corrected chi connectivity index (χ4v) is 4.39. The number of aromatic hydroxyl groups is 1. The Morgan fingerprint density at radius 2 is 1.61 bits per heavy atom. The molecule has 0 spiro atoms. The van der Waals surface area contributed by atoms with E-state index < -0.39 is 0 Å². The first kappa shape index (κ1) is 22.3. The van der Waals surface area contributed by atoms with Crippen LogP contribution >= 0.6 is 0 Å². The predicted molar refractivity (Wildman–Crippen MR) is 133 cm³/mol. The largest absolute Gasteiger partial charge is 0.508 e. The van der Waals surface area contributed by atoms with Crippen LogP contribution < -0.4 is 10.5 Å². The average Bonchev–Trinajstić information content (AvgIpc) is 2.81. The van der Waals surface area contributed by atoms with Crippen LogP contribution in [0.25, 0.3) is 10.9 Å². The lowest BCUT2D eigenvalue weighted by atomic mass is 10.00. The van der Waals surface area contributed by atoms with Crippen molar-refractivity contribution < 1.29 is 9.90 Å². The summed E-state index contributed by atoms with van der Waals surface area (Å²) in [7, 11) is 0. The lowest BCUT2D eigenvalue weighted by molar-refractivity contribution is 0.0986. The second-order valence-electron chi connectivity index (χ2n) is 8.26. The number of hydrogen-bond acceptors (Lipinski definition) is 3. The van der Waals surface area contributed by atoms with Gasteiger partial charge in [-0.05, 0) is 85.7 Å². The van der Waals surface area contributed by atoms with Crippen molar-refractivity contribution in [1.82, 2.24) is 4.57 Å². The number of carbonyl (C=O) groups excluding carboxylic acids is 1. The van der Waals surface area contributed by atoms with E-state index in [1.54, 1.807) is 27.7 Å². The molecule has 0 radical (unpaired) electrons. The Balaban J connectivity index is 1.78. The lowest BCUT2D eigenvalue weighted by Gasteiger charge is -2.22. The third-order valence-corrected chi connectivity index (χ3v) is 6.19. The van der Waals surface area contributed by atoms with Gasteiger partial charge in [0.05, 0.1) is 5.52 Å². The van der Waals surface area contributed by atoms with Gasteiger partial charge in [-0.3, -0.25) is 9.59 Å². The Labute approximate surface area is 193 Å². The predicted octanol–water partition coefficient (Wildman–Crippen LogP) is 5.23. The SMILES string of the molecule is CCN(C(=O)c1cc2ccccc2n(CCc2c(C)cccc2C)c1=O)c1ccc(O)cc1. The lowest BCUT2D eigenvalue weighted by Crippen LogP contribution is -2.37. The summed E-state index contributed by atoms with van der Waals surface area (Å²) in [5, 5.41) is 10.5. The molecule has 0 fully saturated rings. The number of rotatable bonds is 6. The molecule has 1 amide bonds. The van der Waals surface area contributed by atoms with Crippen LogP contribution in [0.15, 0.2) is 77.6 Å². The first-order valence-electron chi connectivity index (χ1n) is 11.2. The number of aromatic nitrogens is 1. The van der Waals surface area contributed by atoms with E-state index in [1.807, 2.05) is 37.3 Å². The number of phenolic OH excluding ortho intramolecular Hbond substituents is 1. The van der Waals surface area contributed by atoms with Crippen molar-refractivity contribution >= 4 is 22.5 Å². The Bertz CT molecular complexity index is 1350. The molecule has 0 saturated heterocycles. The van der Waals surface area contributed by atoms with Crippen LogP contribution in [0.3, 0.4) is 0 Å². The molecule has 168 valence electrons. The van der Waals surface area contributed by atoms with Gasteiger partial charge in [0.2, 0.25) is 0 Å². The van der Waals surface area contributed by atoms with Gasteiger partial charge in [-0.25, -0.2) is 0 Å². The second kappa shape index (κ2) is 9.33. The van der Waals surface area contributed by atoms with Crippen molar-refractivity contribution in [3.05, 3.63) is 105 Å². The zero-order valence-corrected chi connectivity index (χ0v) is 19.2. The van der Waals surface area contributed by atoms with Crippen molar-refractivity contribution in [1.29, 1.82) is 0 Å². The van der Waals surface area contributed by atoms with Gasteiger partial charge in [0.25, 0.3) is 11.5 Å². The minimum absolute atomic E-state index is 0.127. The van der Waals surface area contributed by atoms with E-state index in [0.717, 1.165) is 10.9 Å². The molecule has 1 aromatic heterocycles. The summed E-state index contributed by atoms with van der Waals surface area (Å²) in [6.07, 6.45) is 0.704. The molecule has 33 heavy (non-hydrogen) atoms. The summed E-state index contributed by atoms with van der Waals surface area (Å²) in [6, 6.07) is 22.0. The molecule has 0 aliphatic carbocycles. The minimum Gasteiger partial charge on any atom is -0.508 e. The number of anilines is 1. The van der Waals surface area contributed by atoms with E-state index in [9.17, 15) is 14.7 Å². The number of fused-ring (bicyclic) bond motifs is 1. The van der Waals surface area contributed by atoms with Crippen LogP contribution in [0, 0.1) is 13.8 Å². The summed E-state index contributed by atoms with van der Waals surface area (Å²) in [6.45, 7) is 6.92. The molecule has 4 aromatic rings. The van der Waals surface area contributed by atoms with E-state index in [2.05, 4.69) is 26.0 Å². The molecule has 4 rings (SSSR count). The summed E-state index contributed by atoms with van der Waals surface area (Å²) >= 11 is 0. The second-order valence-corrected chi connectivity index (χ2v) is 8.26. The molecule has 0 saturated carbocycles. The topological polar surface area (TPSA) is 62.5 Å². The monoisotopic (exact) mass is 440 g/mol. The Kier molecular flexibility index (Phi) is 6.31. The Hall–Kier alpha value is -3.86. The molecule has 0 aliphatic heterocycles. The van der Waals surface area contributed by atoms with Crippen molar-refractivity contribution in [3.63, 3.8) is 0 Å². The molecular weight excluding hydrogens is 412 g/mol. The molecule has 0 aliphatic rings. The average molecular weight is 441 g/mol. The summed E-state index contributed by atoms with van der Waals surface area (Å²) in [5.41, 5.74) is 4.93. The van der Waals surface area contributed by atoms with Gasteiger partial charge in [-0.15, -0.1) is 0 Å². The van der Waals surface area contributed by atoms with Gasteiger partial charge < -0.3 is 14.6 Å². The van der Waals surface area contributed by atoms with E-state index in [1.165, 1.54) is 28.8 Å². The maximum Gasteiger partial charge on any atom is 0.263 e. The molecule has 0 unspecified atom stereocenters. The third-order valence-electron chi connectivity index (χ3n) is 6.19. The number of pyridine rings is 1. The highest BCUT2D eigenvalue weighted by atomic mass is 16.3. The molecule has 5 heteroatoms. The number of phenols is 1. The van der Waals surface area contributed by atoms with Gasteiger partial charge in [-0.2, -0.15) is 0 Å². The fourth-order valence-electron chi connectivity index (χ4n) is 4.39. The standard InChI is InChI=1S/C28H28N2O3/c1-4-29(22-12-14-23(31)15-13-22)27(32)25-18-21-10-5-6-11-26(21)30(28(25)33)17-16-24-19(2)8-7-9-20(24)3/h5-15,18,31H,4,16-17H2,1-3H3. The highest BCUT2D eigenvalue weighted by molar-refractivity contribution is 6.07. The van der Waals surface area contributed by atoms with Crippen LogP contribution in [-0.4, -0.2) is 22.1 Å². The van der Waals surface area contributed by atoms with Gasteiger partial charge in [0.15, 0.2) is 0 Å². The van der Waals surface area contributed by atoms with Crippen molar-refractivity contribution in [2.75, 3.05) is 11.4 Å². The van der Waals surface area contributed by atoms with Crippen LogP contribution in [0.4, 0.5) is 5.69 Å². The number of aryl methyl sites for hydroxylation is 3. The zero-order chi connectivity index (χ0) is 23.5. The van der Waals surface area contributed by atoms with E-state index in [4.69, 9.17) is 0 Å².